The molecule has 0 bridgehead atoms. The molecule has 1 N–H and O–H groups in total. The van der Waals surface area contributed by atoms with E-state index in [4.69, 9.17) is 9.47 Å². The molecule has 0 spiro atoms. The van der Waals surface area contributed by atoms with Gasteiger partial charge in [0.05, 0.1) is 6.61 Å². The summed E-state index contributed by atoms with van der Waals surface area (Å²) in [4.78, 5) is 50.1. The summed E-state index contributed by atoms with van der Waals surface area (Å²) in [6.07, 6.45) is -0.472. The number of hydrogen-bond acceptors (Lipinski definition) is 6. The van der Waals surface area contributed by atoms with Gasteiger partial charge in [-0.1, -0.05) is 42.5 Å². The average Bonchev–Trinajstić information content (AvgIpc) is 2.85. The van der Waals surface area contributed by atoms with E-state index in [1.807, 2.05) is 30.3 Å². The number of amides is 1. The predicted molar refractivity (Wildman–Crippen MR) is 125 cm³/mol. The third-order valence-corrected chi connectivity index (χ3v) is 5.41. The molecule has 0 heterocycles. The van der Waals surface area contributed by atoms with Crippen molar-refractivity contribution in [2.45, 2.75) is 25.9 Å². The number of rotatable bonds is 8. The quantitative estimate of drug-likeness (QED) is 0.315. The number of benzene rings is 3. The van der Waals surface area contributed by atoms with Crippen molar-refractivity contribution in [3.8, 4) is 5.75 Å². The van der Waals surface area contributed by atoms with E-state index in [0.29, 0.717) is 35.4 Å². The summed E-state index contributed by atoms with van der Waals surface area (Å²) in [5, 5.41) is 2.64. The molecule has 7 heteroatoms. The summed E-state index contributed by atoms with van der Waals surface area (Å²) in [6, 6.07) is 20.4. The summed E-state index contributed by atoms with van der Waals surface area (Å²) in [5.41, 5.74) is 1.56. The molecule has 1 atom stereocenters. The predicted octanol–water partition coefficient (Wildman–Crippen LogP) is 4.19. The molecule has 1 unspecified atom stereocenters. The van der Waals surface area contributed by atoms with Gasteiger partial charge in [0, 0.05) is 34.4 Å². The monoisotopic (exact) mass is 457 g/mol. The van der Waals surface area contributed by atoms with Crippen LogP contribution in [0.1, 0.15) is 51.6 Å². The van der Waals surface area contributed by atoms with E-state index in [1.54, 1.807) is 30.3 Å². The molecule has 0 radical (unpaired) electrons. The second kappa shape index (κ2) is 10.1. The number of carbonyl (C=O) groups excluding carboxylic acids is 4. The Morgan fingerprint density at radius 2 is 1.44 bits per heavy atom. The summed E-state index contributed by atoms with van der Waals surface area (Å²) >= 11 is 0. The minimum Gasteiger partial charge on any atom is -0.494 e. The molecule has 0 fully saturated rings. The zero-order valence-corrected chi connectivity index (χ0v) is 18.6. The molecule has 1 aliphatic rings. The van der Waals surface area contributed by atoms with Crippen molar-refractivity contribution in [2.75, 3.05) is 11.9 Å². The zero-order chi connectivity index (χ0) is 24.1. The second-order valence-electron chi connectivity index (χ2n) is 7.85. The number of carbonyl (C=O) groups is 4. The lowest BCUT2D eigenvalue weighted by Crippen LogP contribution is -2.30. The fraction of sp³-hybridized carbons (Fsp3) is 0.185. The highest BCUT2D eigenvalue weighted by atomic mass is 16.5. The van der Waals surface area contributed by atoms with E-state index in [-0.39, 0.29) is 23.6 Å². The molecule has 7 nitrogen and oxygen atoms in total. The fourth-order valence-electron chi connectivity index (χ4n) is 3.65. The van der Waals surface area contributed by atoms with Crippen LogP contribution in [0.2, 0.25) is 0 Å². The highest BCUT2D eigenvalue weighted by Gasteiger charge is 2.29. The summed E-state index contributed by atoms with van der Waals surface area (Å²) in [5.74, 6) is -0.844. The van der Waals surface area contributed by atoms with Gasteiger partial charge in [-0.25, -0.2) is 0 Å². The van der Waals surface area contributed by atoms with Gasteiger partial charge in [-0.2, -0.15) is 0 Å². The van der Waals surface area contributed by atoms with Crippen molar-refractivity contribution >= 4 is 29.1 Å². The largest absolute Gasteiger partial charge is 0.494 e. The van der Waals surface area contributed by atoms with Crippen LogP contribution in [0.4, 0.5) is 5.69 Å². The standard InChI is InChI=1S/C27H23NO6/c1-17(34-24(29)12-7-15-33-19-8-3-2-4-9-19)27(32)28-18-13-14-22-23(16-18)26(31)21-11-6-5-10-20(21)25(22)30/h2-6,8-11,13-14,16-17H,7,12,15H2,1H3,(H,28,32). The minimum atomic E-state index is -1.03. The number of para-hydroxylation sites is 1. The Hall–Kier alpha value is -4.26. The molecule has 34 heavy (non-hydrogen) atoms. The molecule has 0 saturated carbocycles. The number of hydrogen-bond donors (Lipinski definition) is 1. The van der Waals surface area contributed by atoms with Crippen LogP contribution < -0.4 is 10.1 Å². The highest BCUT2D eigenvalue weighted by Crippen LogP contribution is 2.29. The summed E-state index contributed by atoms with van der Waals surface area (Å²) < 4.78 is 10.7. The molecule has 172 valence electrons. The summed E-state index contributed by atoms with van der Waals surface area (Å²) in [6.45, 7) is 1.82. The first-order chi connectivity index (χ1) is 16.4. The van der Waals surface area contributed by atoms with E-state index in [0.717, 1.165) is 5.75 Å². The SMILES string of the molecule is CC(OC(=O)CCCOc1ccccc1)C(=O)Nc1ccc2c(c1)C(=O)c1ccccc1C2=O. The van der Waals surface area contributed by atoms with Crippen LogP contribution in [0.25, 0.3) is 0 Å². The first-order valence-corrected chi connectivity index (χ1v) is 10.9. The maximum Gasteiger partial charge on any atom is 0.306 e. The van der Waals surface area contributed by atoms with Gasteiger partial charge in [-0.15, -0.1) is 0 Å². The lowest BCUT2D eigenvalue weighted by Gasteiger charge is -2.19. The number of ketones is 2. The number of fused-ring (bicyclic) bond motifs is 2. The number of ether oxygens (including phenoxy) is 2. The molecular formula is C27H23NO6. The number of nitrogens with one attached hydrogen (secondary N) is 1. The third-order valence-electron chi connectivity index (χ3n) is 5.41. The highest BCUT2D eigenvalue weighted by molar-refractivity contribution is 6.28. The van der Waals surface area contributed by atoms with Gasteiger partial charge < -0.3 is 14.8 Å². The maximum absolute atomic E-state index is 12.8. The average molecular weight is 457 g/mol. The van der Waals surface area contributed by atoms with Gasteiger partial charge in [0.15, 0.2) is 17.7 Å². The Labute approximate surface area is 196 Å². The van der Waals surface area contributed by atoms with Gasteiger partial charge in [-0.3, -0.25) is 19.2 Å². The molecule has 1 amide bonds. The molecule has 3 aromatic rings. The van der Waals surface area contributed by atoms with Gasteiger partial charge in [-0.05, 0) is 43.7 Å². The van der Waals surface area contributed by atoms with Crippen molar-refractivity contribution in [1.82, 2.24) is 0 Å². The van der Waals surface area contributed by atoms with Crippen molar-refractivity contribution in [3.05, 3.63) is 95.1 Å². The topological polar surface area (TPSA) is 98.8 Å². The van der Waals surface area contributed by atoms with E-state index >= 15 is 0 Å². The normalized spacial score (nSPS) is 12.9. The van der Waals surface area contributed by atoms with Gasteiger partial charge in [0.25, 0.3) is 5.91 Å². The van der Waals surface area contributed by atoms with Crippen LogP contribution in [0, 0.1) is 0 Å². The Balaban J connectivity index is 1.31. The molecule has 4 rings (SSSR count). The molecule has 0 aliphatic heterocycles. The van der Waals surface area contributed by atoms with Crippen LogP contribution >= 0.6 is 0 Å². The zero-order valence-electron chi connectivity index (χ0n) is 18.6. The van der Waals surface area contributed by atoms with Crippen LogP contribution in [0.3, 0.4) is 0 Å². The third kappa shape index (κ3) is 5.04. The van der Waals surface area contributed by atoms with Crippen molar-refractivity contribution in [1.29, 1.82) is 0 Å². The Morgan fingerprint density at radius 3 is 2.15 bits per heavy atom. The summed E-state index contributed by atoms with van der Waals surface area (Å²) in [7, 11) is 0. The van der Waals surface area contributed by atoms with Crippen LogP contribution in [-0.2, 0) is 14.3 Å². The second-order valence-corrected chi connectivity index (χ2v) is 7.85. The Kier molecular flexibility index (Phi) is 6.82. The van der Waals surface area contributed by atoms with Crippen LogP contribution in [-0.4, -0.2) is 36.2 Å². The van der Waals surface area contributed by atoms with E-state index < -0.39 is 18.0 Å². The van der Waals surface area contributed by atoms with Crippen molar-refractivity contribution < 1.29 is 28.7 Å². The van der Waals surface area contributed by atoms with E-state index in [2.05, 4.69) is 5.32 Å². The lowest BCUT2D eigenvalue weighted by molar-refractivity contribution is -0.153. The van der Waals surface area contributed by atoms with Crippen LogP contribution in [0.15, 0.2) is 72.8 Å². The first kappa shape index (κ1) is 22.9. The first-order valence-electron chi connectivity index (χ1n) is 10.9. The number of anilines is 1. The van der Waals surface area contributed by atoms with Crippen molar-refractivity contribution in [3.63, 3.8) is 0 Å². The van der Waals surface area contributed by atoms with E-state index in [1.165, 1.54) is 19.1 Å². The molecule has 0 saturated heterocycles. The Morgan fingerprint density at radius 1 is 0.824 bits per heavy atom. The molecule has 3 aromatic carbocycles. The van der Waals surface area contributed by atoms with E-state index in [9.17, 15) is 19.2 Å². The van der Waals surface area contributed by atoms with Gasteiger partial charge in [0.2, 0.25) is 0 Å². The molecule has 0 aromatic heterocycles. The van der Waals surface area contributed by atoms with Crippen molar-refractivity contribution in [2.24, 2.45) is 0 Å². The fourth-order valence-corrected chi connectivity index (χ4v) is 3.65. The Bertz CT molecular complexity index is 1250. The van der Waals surface area contributed by atoms with Gasteiger partial charge in [0.1, 0.15) is 5.75 Å². The van der Waals surface area contributed by atoms with Gasteiger partial charge >= 0.3 is 5.97 Å². The van der Waals surface area contributed by atoms with Crippen LogP contribution in [0.5, 0.6) is 5.75 Å². The molecular weight excluding hydrogens is 434 g/mol. The lowest BCUT2D eigenvalue weighted by atomic mass is 9.84. The molecule has 1 aliphatic carbocycles. The number of esters is 1. The maximum atomic E-state index is 12.8. The smallest absolute Gasteiger partial charge is 0.306 e. The minimum absolute atomic E-state index is 0.110.